The lowest BCUT2D eigenvalue weighted by molar-refractivity contribution is 0.114. The fourth-order valence-electron chi connectivity index (χ4n) is 1.88. The van der Waals surface area contributed by atoms with E-state index in [-0.39, 0.29) is 24.0 Å². The predicted octanol–water partition coefficient (Wildman–Crippen LogP) is 3.34. The van der Waals surface area contributed by atoms with E-state index in [0.717, 1.165) is 25.7 Å². The van der Waals surface area contributed by atoms with E-state index in [1.54, 1.807) is 0 Å². The largest absolute Gasteiger partial charge is 0.379 e. The number of hydrogen-bond donors (Lipinski definition) is 2. The average molecular weight is 419 g/mol. The van der Waals surface area contributed by atoms with E-state index in [4.69, 9.17) is 4.74 Å². The molecule has 2 N–H and O–H groups in total. The topological polar surface area (TPSA) is 45.7 Å². The summed E-state index contributed by atoms with van der Waals surface area (Å²) in [5.41, 5.74) is 2.49. The number of rotatable bonds is 8. The number of nitrogens with zero attached hydrogens (tertiary/aromatic N) is 1. The number of halogens is 1. The third kappa shape index (κ3) is 10.00. The molecule has 0 fully saturated rings. The molecule has 0 atom stereocenters. The fraction of sp³-hybridized carbons (Fsp3) is 0.588. The normalized spacial score (nSPS) is 11.2. The van der Waals surface area contributed by atoms with E-state index in [1.165, 1.54) is 11.1 Å². The minimum Gasteiger partial charge on any atom is -0.379 e. The van der Waals surface area contributed by atoms with Crippen molar-refractivity contribution >= 4 is 29.9 Å². The Bertz CT molecular complexity index is 436. The van der Waals surface area contributed by atoms with Gasteiger partial charge in [-0.05, 0) is 25.3 Å². The van der Waals surface area contributed by atoms with Gasteiger partial charge in [-0.15, -0.1) is 24.0 Å². The van der Waals surface area contributed by atoms with Gasteiger partial charge in [-0.1, -0.05) is 43.7 Å². The third-order valence-corrected chi connectivity index (χ3v) is 2.84. The highest BCUT2D eigenvalue weighted by Gasteiger charge is 1.98. The Morgan fingerprint density at radius 2 is 2.05 bits per heavy atom. The molecule has 0 saturated heterocycles. The van der Waals surface area contributed by atoms with Crippen molar-refractivity contribution in [2.24, 2.45) is 10.9 Å². The van der Waals surface area contributed by atoms with Crippen LogP contribution in [0.15, 0.2) is 29.3 Å². The maximum atomic E-state index is 5.56. The van der Waals surface area contributed by atoms with Crippen LogP contribution in [0.4, 0.5) is 0 Å². The second-order valence-corrected chi connectivity index (χ2v) is 5.58. The lowest BCUT2D eigenvalue weighted by Crippen LogP contribution is -2.39. The molecule has 5 heteroatoms. The van der Waals surface area contributed by atoms with Gasteiger partial charge >= 0.3 is 0 Å². The molecule has 0 aliphatic heterocycles. The van der Waals surface area contributed by atoms with Gasteiger partial charge in [0.1, 0.15) is 0 Å². The summed E-state index contributed by atoms with van der Waals surface area (Å²) < 4.78 is 5.56. The molecule has 0 bridgehead atoms. The average Bonchev–Trinajstić information content (AvgIpc) is 2.44. The smallest absolute Gasteiger partial charge is 0.191 e. The molecule has 0 spiro atoms. The Morgan fingerprint density at radius 1 is 1.27 bits per heavy atom. The second-order valence-electron chi connectivity index (χ2n) is 5.58. The van der Waals surface area contributed by atoms with Crippen molar-refractivity contribution in [1.82, 2.24) is 10.6 Å². The van der Waals surface area contributed by atoms with Gasteiger partial charge in [0.05, 0.1) is 13.2 Å². The number of guanidine groups is 1. The zero-order chi connectivity index (χ0) is 15.5. The predicted molar refractivity (Wildman–Crippen MR) is 105 cm³/mol. The van der Waals surface area contributed by atoms with Crippen LogP contribution < -0.4 is 10.6 Å². The SMILES string of the molecule is CCNC(=NCc1cccc(C)c1)NCCOCC(C)C.I. The molecule has 0 radical (unpaired) electrons. The zero-order valence-electron chi connectivity index (χ0n) is 14.2. The summed E-state index contributed by atoms with van der Waals surface area (Å²) in [6.07, 6.45) is 0. The van der Waals surface area contributed by atoms with Gasteiger partial charge in [0.2, 0.25) is 0 Å². The first-order valence-electron chi connectivity index (χ1n) is 7.77. The minimum absolute atomic E-state index is 0. The molecule has 22 heavy (non-hydrogen) atoms. The van der Waals surface area contributed by atoms with Gasteiger partial charge in [-0.3, -0.25) is 0 Å². The first-order valence-corrected chi connectivity index (χ1v) is 7.77. The fourth-order valence-corrected chi connectivity index (χ4v) is 1.88. The number of hydrogen-bond acceptors (Lipinski definition) is 2. The van der Waals surface area contributed by atoms with E-state index >= 15 is 0 Å². The maximum Gasteiger partial charge on any atom is 0.191 e. The quantitative estimate of drug-likeness (QED) is 0.294. The molecule has 4 nitrogen and oxygen atoms in total. The Balaban J connectivity index is 0.00000441. The van der Waals surface area contributed by atoms with Gasteiger partial charge in [-0.25, -0.2) is 4.99 Å². The third-order valence-electron chi connectivity index (χ3n) is 2.84. The monoisotopic (exact) mass is 419 g/mol. The van der Waals surface area contributed by atoms with E-state index in [0.29, 0.717) is 19.1 Å². The lowest BCUT2D eigenvalue weighted by Gasteiger charge is -2.12. The molecule has 0 saturated carbocycles. The van der Waals surface area contributed by atoms with Crippen LogP contribution in [-0.2, 0) is 11.3 Å². The summed E-state index contributed by atoms with van der Waals surface area (Å²) in [5.74, 6) is 1.42. The number of aryl methyl sites for hydroxylation is 1. The molecule has 1 rings (SSSR count). The van der Waals surface area contributed by atoms with Crippen LogP contribution in [-0.4, -0.2) is 32.3 Å². The van der Waals surface area contributed by atoms with Crippen molar-refractivity contribution in [1.29, 1.82) is 0 Å². The van der Waals surface area contributed by atoms with Crippen LogP contribution in [0.5, 0.6) is 0 Å². The van der Waals surface area contributed by atoms with E-state index in [1.807, 2.05) is 0 Å². The first kappa shape index (κ1) is 21.2. The van der Waals surface area contributed by atoms with Crippen LogP contribution >= 0.6 is 24.0 Å². The van der Waals surface area contributed by atoms with Crippen LogP contribution in [0, 0.1) is 12.8 Å². The maximum absolute atomic E-state index is 5.56. The molecule has 0 amide bonds. The van der Waals surface area contributed by atoms with E-state index in [2.05, 4.69) is 67.6 Å². The summed E-state index contributed by atoms with van der Waals surface area (Å²) in [6.45, 7) is 12.3. The van der Waals surface area contributed by atoms with Gasteiger partial charge in [0.15, 0.2) is 5.96 Å². The summed E-state index contributed by atoms with van der Waals surface area (Å²) in [7, 11) is 0. The Kier molecular flexibility index (Phi) is 12.2. The number of nitrogens with one attached hydrogen (secondary N) is 2. The van der Waals surface area contributed by atoms with E-state index < -0.39 is 0 Å². The van der Waals surface area contributed by atoms with Crippen molar-refractivity contribution in [2.75, 3.05) is 26.3 Å². The summed E-state index contributed by atoms with van der Waals surface area (Å²) in [4.78, 5) is 4.60. The molecular weight excluding hydrogens is 389 g/mol. The number of aliphatic imine (C=N–C) groups is 1. The molecule has 126 valence electrons. The molecular formula is C17H30IN3O. The molecule has 0 heterocycles. The highest BCUT2D eigenvalue weighted by Crippen LogP contribution is 2.04. The zero-order valence-corrected chi connectivity index (χ0v) is 16.5. The molecule has 0 aliphatic rings. The van der Waals surface area contributed by atoms with Crippen molar-refractivity contribution in [3.8, 4) is 0 Å². The molecule has 0 unspecified atom stereocenters. The summed E-state index contributed by atoms with van der Waals surface area (Å²) in [6, 6.07) is 8.44. The highest BCUT2D eigenvalue weighted by molar-refractivity contribution is 14.0. The van der Waals surface area contributed by atoms with Gasteiger partial charge in [0, 0.05) is 19.7 Å². The lowest BCUT2D eigenvalue weighted by atomic mass is 10.1. The van der Waals surface area contributed by atoms with Crippen molar-refractivity contribution < 1.29 is 4.74 Å². The van der Waals surface area contributed by atoms with Crippen LogP contribution in [0.2, 0.25) is 0 Å². The summed E-state index contributed by atoms with van der Waals surface area (Å²) >= 11 is 0. The Hall–Kier alpha value is -0.820. The van der Waals surface area contributed by atoms with Gasteiger partial charge < -0.3 is 15.4 Å². The molecule has 0 aliphatic carbocycles. The Morgan fingerprint density at radius 3 is 2.68 bits per heavy atom. The minimum atomic E-state index is 0. The van der Waals surface area contributed by atoms with Crippen LogP contribution in [0.3, 0.4) is 0 Å². The summed E-state index contributed by atoms with van der Waals surface area (Å²) in [5, 5.41) is 6.54. The number of benzene rings is 1. The Labute approximate surface area is 152 Å². The van der Waals surface area contributed by atoms with E-state index in [9.17, 15) is 0 Å². The van der Waals surface area contributed by atoms with Crippen molar-refractivity contribution in [2.45, 2.75) is 34.2 Å². The molecule has 1 aromatic carbocycles. The second kappa shape index (κ2) is 12.7. The number of ether oxygens (including phenoxy) is 1. The van der Waals surface area contributed by atoms with Gasteiger partial charge in [0.25, 0.3) is 0 Å². The van der Waals surface area contributed by atoms with Gasteiger partial charge in [-0.2, -0.15) is 0 Å². The molecule has 0 aromatic heterocycles. The highest BCUT2D eigenvalue weighted by atomic mass is 127. The van der Waals surface area contributed by atoms with Crippen molar-refractivity contribution in [3.05, 3.63) is 35.4 Å². The first-order chi connectivity index (χ1) is 10.1. The molecule has 1 aromatic rings. The standard InChI is InChI=1S/C17H29N3O.HI/c1-5-18-17(19-9-10-21-13-14(2)3)20-12-16-8-6-7-15(4)11-16;/h6-8,11,14H,5,9-10,12-13H2,1-4H3,(H2,18,19,20);1H. The van der Waals surface area contributed by atoms with Crippen LogP contribution in [0.25, 0.3) is 0 Å². The van der Waals surface area contributed by atoms with Crippen LogP contribution in [0.1, 0.15) is 31.9 Å². The van der Waals surface area contributed by atoms with Crippen molar-refractivity contribution in [3.63, 3.8) is 0 Å².